The number of benzene rings is 2. The van der Waals surface area contributed by atoms with E-state index in [1.54, 1.807) is 7.11 Å². The molecule has 2 aromatic carbocycles. The lowest BCUT2D eigenvalue weighted by Gasteiger charge is -2.10. The lowest BCUT2D eigenvalue weighted by molar-refractivity contribution is 0.414. The molecule has 0 aliphatic carbocycles. The summed E-state index contributed by atoms with van der Waals surface area (Å²) in [6.45, 7) is 3.03. The Morgan fingerprint density at radius 1 is 1.11 bits per heavy atom. The zero-order chi connectivity index (χ0) is 13.7. The Balaban J connectivity index is 1.90. The van der Waals surface area contributed by atoms with Gasteiger partial charge in [0.15, 0.2) is 0 Å². The highest BCUT2D eigenvalue weighted by molar-refractivity contribution is 9.10. The summed E-state index contributed by atoms with van der Waals surface area (Å²) in [5.74, 6) is 0.902. The third-order valence-corrected chi connectivity index (χ3v) is 3.58. The molecule has 0 bridgehead atoms. The molecule has 0 heterocycles. The highest BCUT2D eigenvalue weighted by atomic mass is 79.9. The first-order valence-corrected chi connectivity index (χ1v) is 7.11. The molecule has 0 fully saturated rings. The maximum absolute atomic E-state index is 5.15. The Bertz CT molecular complexity index is 537. The summed E-state index contributed by atoms with van der Waals surface area (Å²) < 4.78 is 6.25. The van der Waals surface area contributed by atoms with Crippen molar-refractivity contribution in [2.75, 3.05) is 19.0 Å². The lowest BCUT2D eigenvalue weighted by Crippen LogP contribution is -2.06. The van der Waals surface area contributed by atoms with Gasteiger partial charge in [0, 0.05) is 16.7 Å². The molecule has 1 N–H and O–H groups in total. The Kier molecular flexibility index (Phi) is 4.86. The molecule has 2 nitrogen and oxygen atoms in total. The summed E-state index contributed by atoms with van der Waals surface area (Å²) in [6.07, 6.45) is 0.996. The van der Waals surface area contributed by atoms with E-state index in [4.69, 9.17) is 4.74 Å². The maximum atomic E-state index is 5.15. The maximum Gasteiger partial charge on any atom is 0.118 e. The zero-order valence-electron chi connectivity index (χ0n) is 11.2. The number of rotatable bonds is 5. The predicted molar refractivity (Wildman–Crippen MR) is 84.1 cm³/mol. The molecular formula is C16H18BrNO. The van der Waals surface area contributed by atoms with E-state index < -0.39 is 0 Å². The molecule has 0 aliphatic heterocycles. The molecule has 0 atom stereocenters. The molecule has 3 heteroatoms. The topological polar surface area (TPSA) is 21.3 Å². The van der Waals surface area contributed by atoms with E-state index in [1.807, 2.05) is 12.1 Å². The van der Waals surface area contributed by atoms with E-state index in [9.17, 15) is 0 Å². The van der Waals surface area contributed by atoms with Crippen molar-refractivity contribution >= 4 is 21.6 Å². The van der Waals surface area contributed by atoms with Crippen LogP contribution in [0.5, 0.6) is 5.75 Å². The van der Waals surface area contributed by atoms with Crippen molar-refractivity contribution in [2.24, 2.45) is 0 Å². The third-order valence-electron chi connectivity index (χ3n) is 3.09. The fourth-order valence-electron chi connectivity index (χ4n) is 1.92. The smallest absolute Gasteiger partial charge is 0.118 e. The number of hydrogen-bond acceptors (Lipinski definition) is 2. The second kappa shape index (κ2) is 6.62. The molecule has 0 saturated carbocycles. The molecule has 0 aliphatic rings. The molecule has 2 rings (SSSR count). The van der Waals surface area contributed by atoms with E-state index in [2.05, 4.69) is 58.5 Å². The van der Waals surface area contributed by atoms with Crippen LogP contribution in [0.2, 0.25) is 0 Å². The van der Waals surface area contributed by atoms with Gasteiger partial charge in [-0.3, -0.25) is 0 Å². The first-order chi connectivity index (χ1) is 9.19. The van der Waals surface area contributed by atoms with Crippen molar-refractivity contribution in [3.05, 3.63) is 58.1 Å². The highest BCUT2D eigenvalue weighted by Gasteiger charge is 1.99. The van der Waals surface area contributed by atoms with Crippen LogP contribution in [0.25, 0.3) is 0 Å². The van der Waals surface area contributed by atoms with Crippen LogP contribution in [-0.4, -0.2) is 13.7 Å². The summed E-state index contributed by atoms with van der Waals surface area (Å²) in [7, 11) is 1.69. The van der Waals surface area contributed by atoms with Gasteiger partial charge in [-0.2, -0.15) is 0 Å². The standard InChI is InChI=1S/C16H18BrNO/c1-12-3-6-14(17)11-16(12)18-10-9-13-4-7-15(19-2)8-5-13/h3-8,11,18H,9-10H2,1-2H3. The highest BCUT2D eigenvalue weighted by Crippen LogP contribution is 2.20. The molecule has 0 aromatic heterocycles. The van der Waals surface area contributed by atoms with Crippen molar-refractivity contribution in [3.63, 3.8) is 0 Å². The van der Waals surface area contributed by atoms with Crippen LogP contribution in [0.15, 0.2) is 46.9 Å². The number of methoxy groups -OCH3 is 1. The van der Waals surface area contributed by atoms with E-state index >= 15 is 0 Å². The summed E-state index contributed by atoms with van der Waals surface area (Å²) in [4.78, 5) is 0. The zero-order valence-corrected chi connectivity index (χ0v) is 12.8. The molecule has 0 spiro atoms. The van der Waals surface area contributed by atoms with Gasteiger partial charge < -0.3 is 10.1 Å². The number of ether oxygens (including phenoxy) is 1. The average Bonchev–Trinajstić information content (AvgIpc) is 2.43. The first-order valence-electron chi connectivity index (χ1n) is 6.32. The average molecular weight is 320 g/mol. The van der Waals surface area contributed by atoms with Gasteiger partial charge >= 0.3 is 0 Å². The van der Waals surface area contributed by atoms with Gasteiger partial charge in [-0.05, 0) is 48.7 Å². The minimum absolute atomic E-state index is 0.902. The fourth-order valence-corrected chi connectivity index (χ4v) is 2.28. The molecular weight excluding hydrogens is 302 g/mol. The molecule has 0 saturated heterocycles. The van der Waals surface area contributed by atoms with Crippen molar-refractivity contribution in [2.45, 2.75) is 13.3 Å². The van der Waals surface area contributed by atoms with E-state index in [1.165, 1.54) is 16.8 Å². The summed E-state index contributed by atoms with van der Waals surface area (Å²) in [6, 6.07) is 14.5. The van der Waals surface area contributed by atoms with Gasteiger partial charge in [-0.15, -0.1) is 0 Å². The van der Waals surface area contributed by atoms with Crippen LogP contribution in [0.3, 0.4) is 0 Å². The molecule has 0 unspecified atom stereocenters. The molecule has 100 valence electrons. The minimum atomic E-state index is 0.902. The van der Waals surface area contributed by atoms with Crippen molar-refractivity contribution in [1.29, 1.82) is 0 Å². The number of hydrogen-bond donors (Lipinski definition) is 1. The van der Waals surface area contributed by atoms with Crippen molar-refractivity contribution in [3.8, 4) is 5.75 Å². The van der Waals surface area contributed by atoms with Crippen LogP contribution in [-0.2, 0) is 6.42 Å². The summed E-state index contributed by atoms with van der Waals surface area (Å²) in [5.41, 5.74) is 3.75. The number of aryl methyl sites for hydroxylation is 1. The lowest BCUT2D eigenvalue weighted by atomic mass is 10.1. The predicted octanol–water partition coefficient (Wildman–Crippen LogP) is 4.42. The second-order valence-electron chi connectivity index (χ2n) is 4.48. The van der Waals surface area contributed by atoms with Gasteiger partial charge in [-0.25, -0.2) is 0 Å². The van der Waals surface area contributed by atoms with E-state index in [0.717, 1.165) is 23.2 Å². The fraction of sp³-hybridized carbons (Fsp3) is 0.250. The monoisotopic (exact) mass is 319 g/mol. The van der Waals surface area contributed by atoms with Crippen LogP contribution >= 0.6 is 15.9 Å². The Morgan fingerprint density at radius 2 is 1.84 bits per heavy atom. The van der Waals surface area contributed by atoms with Gasteiger partial charge in [0.1, 0.15) is 5.75 Å². The minimum Gasteiger partial charge on any atom is -0.497 e. The molecule has 2 aromatic rings. The van der Waals surface area contributed by atoms with Gasteiger partial charge in [0.05, 0.1) is 7.11 Å². The summed E-state index contributed by atoms with van der Waals surface area (Å²) in [5, 5.41) is 3.47. The number of halogens is 1. The second-order valence-corrected chi connectivity index (χ2v) is 5.40. The van der Waals surface area contributed by atoms with Gasteiger partial charge in [0.2, 0.25) is 0 Å². The van der Waals surface area contributed by atoms with Crippen LogP contribution in [0.1, 0.15) is 11.1 Å². The van der Waals surface area contributed by atoms with E-state index in [0.29, 0.717) is 0 Å². The van der Waals surface area contributed by atoms with E-state index in [-0.39, 0.29) is 0 Å². The molecule has 19 heavy (non-hydrogen) atoms. The van der Waals surface area contributed by atoms with Crippen molar-refractivity contribution in [1.82, 2.24) is 0 Å². The van der Waals surface area contributed by atoms with Crippen molar-refractivity contribution < 1.29 is 4.74 Å². The quantitative estimate of drug-likeness (QED) is 0.880. The Labute approximate surface area is 122 Å². The Morgan fingerprint density at radius 3 is 2.53 bits per heavy atom. The van der Waals surface area contributed by atoms with Crippen LogP contribution < -0.4 is 10.1 Å². The number of anilines is 1. The van der Waals surface area contributed by atoms with Gasteiger partial charge in [-0.1, -0.05) is 34.1 Å². The van der Waals surface area contributed by atoms with Gasteiger partial charge in [0.25, 0.3) is 0 Å². The largest absolute Gasteiger partial charge is 0.497 e. The molecule has 0 amide bonds. The number of nitrogens with one attached hydrogen (secondary N) is 1. The summed E-state index contributed by atoms with van der Waals surface area (Å²) >= 11 is 3.50. The SMILES string of the molecule is COc1ccc(CCNc2cc(Br)ccc2C)cc1. The first kappa shape index (κ1) is 13.9. The van der Waals surface area contributed by atoms with Crippen LogP contribution in [0.4, 0.5) is 5.69 Å². The van der Waals surface area contributed by atoms with Crippen LogP contribution in [0, 0.1) is 6.92 Å². The molecule has 0 radical (unpaired) electrons. The normalized spacial score (nSPS) is 10.3. The Hall–Kier alpha value is -1.48. The third kappa shape index (κ3) is 4.00.